The first kappa shape index (κ1) is 28.2. The molecule has 0 radical (unpaired) electrons. The van der Waals surface area contributed by atoms with Crippen molar-refractivity contribution in [3.05, 3.63) is 168 Å². The van der Waals surface area contributed by atoms with Crippen molar-refractivity contribution in [2.75, 3.05) is 12.3 Å². The van der Waals surface area contributed by atoms with Crippen LogP contribution in [0, 0.1) is 0 Å². The molecule has 43 heavy (non-hydrogen) atoms. The van der Waals surface area contributed by atoms with Crippen LogP contribution < -0.4 is 37.5 Å². The number of hydrogen-bond donors (Lipinski definition) is 0. The van der Waals surface area contributed by atoms with Crippen molar-refractivity contribution in [1.29, 1.82) is 0 Å². The second kappa shape index (κ2) is 10.3. The summed E-state index contributed by atoms with van der Waals surface area (Å²) in [6, 6.07) is 50.3. The Bertz CT molecular complexity index is 1910. The van der Waals surface area contributed by atoms with Gasteiger partial charge < -0.3 is 0 Å². The summed E-state index contributed by atoms with van der Waals surface area (Å²) in [5, 5.41) is 4.37. The molecule has 7 heteroatoms. The summed E-state index contributed by atoms with van der Waals surface area (Å²) in [4.78, 5) is 20.6. The molecular weight excluding hydrogens is 609 g/mol. The summed E-state index contributed by atoms with van der Waals surface area (Å²) in [7, 11) is 0. The monoisotopic (exact) mass is 638 g/mol. The molecular formula is C36H30Cl2N2OP2. The molecule has 0 amide bonds. The van der Waals surface area contributed by atoms with Crippen LogP contribution in [0.15, 0.2) is 163 Å². The first-order valence-corrected chi connectivity index (χ1v) is 20.9. The molecule has 0 atom stereocenters. The molecule has 0 bridgehead atoms. The van der Waals surface area contributed by atoms with E-state index in [1.165, 1.54) is 0 Å². The van der Waals surface area contributed by atoms with Gasteiger partial charge in [-0.15, -0.1) is 0 Å². The van der Waals surface area contributed by atoms with Crippen LogP contribution in [0.1, 0.15) is 0 Å². The van der Waals surface area contributed by atoms with E-state index < -0.39 is 11.9 Å². The Morgan fingerprint density at radius 2 is 0.860 bits per heavy atom. The molecule has 1 aromatic heterocycles. The number of nitrogens with zero attached hydrogens (tertiary/aromatic N) is 2. The van der Waals surface area contributed by atoms with Crippen LogP contribution in [-0.4, -0.2) is 21.9 Å². The molecule has 5 aromatic carbocycles. The average Bonchev–Trinajstić information content (AvgIpc) is 3.09. The number of fused-ring (bicyclic) bond motifs is 1. The van der Waals surface area contributed by atoms with E-state index in [9.17, 15) is 0 Å². The van der Waals surface area contributed by atoms with Gasteiger partial charge in [0.1, 0.15) is 0 Å². The van der Waals surface area contributed by atoms with E-state index in [-0.39, 0.29) is 5.56 Å². The Morgan fingerprint density at radius 3 is 1.28 bits per heavy atom. The van der Waals surface area contributed by atoms with Gasteiger partial charge in [-0.3, -0.25) is 0 Å². The minimum absolute atomic E-state index is 0.183. The Kier molecular flexibility index (Phi) is 6.73. The third kappa shape index (κ3) is 3.89. The Morgan fingerprint density at radius 1 is 0.512 bits per heavy atom. The summed E-state index contributed by atoms with van der Waals surface area (Å²) in [5.74, 6) is -7.82. The van der Waals surface area contributed by atoms with Crippen molar-refractivity contribution in [1.82, 2.24) is 9.55 Å². The Labute approximate surface area is 261 Å². The van der Waals surface area contributed by atoms with E-state index in [0.29, 0.717) is 23.1 Å². The van der Waals surface area contributed by atoms with Crippen LogP contribution in [-0.2, 0) is 0 Å². The molecule has 0 spiro atoms. The van der Waals surface area contributed by atoms with Gasteiger partial charge in [-0.05, 0) is 0 Å². The fourth-order valence-electron chi connectivity index (χ4n) is 6.82. The Balaban J connectivity index is 1.73. The standard InChI is InChI=1S/C36H30Cl2N2OP2/c37-42(30-18-8-2-9-19-30,31-20-10-3-11-21-31)26-27-43(38,32-22-12-4-13-23-32,33-24-14-5-15-25-33)35-34(42)36(41)40(28-39-35)29-16-6-1-7-17-29/h1-25,28H,26-27H2. The van der Waals surface area contributed by atoms with Gasteiger partial charge in [-0.1, -0.05) is 0 Å². The zero-order valence-electron chi connectivity index (χ0n) is 23.4. The van der Waals surface area contributed by atoms with Crippen LogP contribution in [0.5, 0.6) is 0 Å². The molecule has 6 aromatic rings. The second-order valence-corrected chi connectivity index (χ2v) is 24.1. The van der Waals surface area contributed by atoms with E-state index in [1.807, 2.05) is 103 Å². The van der Waals surface area contributed by atoms with Gasteiger partial charge in [0, 0.05) is 0 Å². The van der Waals surface area contributed by atoms with E-state index in [4.69, 9.17) is 27.5 Å². The number of halogens is 2. The third-order valence-electron chi connectivity index (χ3n) is 8.99. The molecule has 2 heterocycles. The first-order chi connectivity index (χ1) is 20.9. The SMILES string of the molecule is O=c1c2c(ncn1-c1ccccc1)P(Cl)(c1ccccc1)(c1ccccc1)CCP2(Cl)(c1ccccc1)c1ccccc1. The van der Waals surface area contributed by atoms with Gasteiger partial charge in [-0.2, -0.15) is 0 Å². The molecule has 3 nitrogen and oxygen atoms in total. The van der Waals surface area contributed by atoms with E-state index in [0.717, 1.165) is 26.9 Å². The van der Waals surface area contributed by atoms with Crippen molar-refractivity contribution < 1.29 is 0 Å². The van der Waals surface area contributed by atoms with Crippen molar-refractivity contribution in [3.8, 4) is 5.69 Å². The normalized spacial score (nSPS) is 19.4. The molecule has 7 rings (SSSR count). The fourth-order valence-corrected chi connectivity index (χ4v) is 23.1. The van der Waals surface area contributed by atoms with Gasteiger partial charge in [0.2, 0.25) is 0 Å². The summed E-state index contributed by atoms with van der Waals surface area (Å²) in [6.07, 6.45) is 2.71. The van der Waals surface area contributed by atoms with E-state index in [1.54, 1.807) is 10.9 Å². The predicted molar refractivity (Wildman–Crippen MR) is 189 cm³/mol. The molecule has 0 fully saturated rings. The summed E-state index contributed by atoms with van der Waals surface area (Å²) >= 11 is 16.9. The van der Waals surface area contributed by atoms with Crippen molar-refractivity contribution in [3.63, 3.8) is 0 Å². The molecule has 1 aliphatic heterocycles. The first-order valence-electron chi connectivity index (χ1n) is 14.3. The molecule has 0 saturated carbocycles. The van der Waals surface area contributed by atoms with Crippen molar-refractivity contribution >= 4 is 66.4 Å². The Hall–Kier alpha value is -3.58. The maximum absolute atomic E-state index is 15.3. The molecule has 0 saturated heterocycles. The summed E-state index contributed by atoms with van der Waals surface area (Å²) < 4.78 is 1.63. The number of hydrogen-bond acceptors (Lipinski definition) is 2. The molecule has 0 unspecified atom stereocenters. The average molecular weight is 640 g/mol. The zero-order chi connectivity index (χ0) is 29.6. The zero-order valence-corrected chi connectivity index (χ0v) is 26.7. The van der Waals surface area contributed by atoms with Gasteiger partial charge >= 0.3 is 262 Å². The number of benzene rings is 5. The topological polar surface area (TPSA) is 34.9 Å². The summed E-state index contributed by atoms with van der Waals surface area (Å²) in [6.45, 7) is 0. The molecule has 0 N–H and O–H groups in total. The fraction of sp³-hybridized carbons (Fsp3) is 0.0556. The minimum atomic E-state index is -3.97. The number of para-hydroxylation sites is 1. The molecule has 1 aliphatic rings. The maximum atomic E-state index is 15.3. The quantitative estimate of drug-likeness (QED) is 0.210. The third-order valence-corrected chi connectivity index (χ3v) is 24.0. The molecule has 0 aliphatic carbocycles. The summed E-state index contributed by atoms with van der Waals surface area (Å²) in [5.41, 5.74) is 1.16. The van der Waals surface area contributed by atoms with Crippen LogP contribution in [0.2, 0.25) is 0 Å². The van der Waals surface area contributed by atoms with Crippen LogP contribution in [0.3, 0.4) is 0 Å². The van der Waals surface area contributed by atoms with E-state index in [2.05, 4.69) is 48.5 Å². The number of rotatable bonds is 5. The predicted octanol–water partition coefficient (Wildman–Crippen LogP) is 6.21. The van der Waals surface area contributed by atoms with Crippen LogP contribution in [0.25, 0.3) is 5.69 Å². The van der Waals surface area contributed by atoms with Crippen LogP contribution in [0.4, 0.5) is 0 Å². The van der Waals surface area contributed by atoms with Gasteiger partial charge in [0.05, 0.1) is 0 Å². The van der Waals surface area contributed by atoms with Crippen molar-refractivity contribution in [2.24, 2.45) is 0 Å². The molecule has 214 valence electrons. The number of aromatic nitrogens is 2. The van der Waals surface area contributed by atoms with Crippen LogP contribution >= 0.6 is 34.4 Å². The second-order valence-electron chi connectivity index (χ2n) is 11.1. The van der Waals surface area contributed by atoms with Gasteiger partial charge in [0.15, 0.2) is 0 Å². The van der Waals surface area contributed by atoms with Gasteiger partial charge in [-0.25, -0.2) is 0 Å². The van der Waals surface area contributed by atoms with E-state index >= 15 is 4.79 Å². The van der Waals surface area contributed by atoms with Crippen molar-refractivity contribution in [2.45, 2.75) is 0 Å². The van der Waals surface area contributed by atoms with Gasteiger partial charge in [0.25, 0.3) is 0 Å².